The molecule has 6 nitrogen and oxygen atoms in total. The average molecular weight is 412 g/mol. The molecule has 1 heterocycles. The molecule has 30 heavy (non-hydrogen) atoms. The van der Waals surface area contributed by atoms with Gasteiger partial charge in [-0.2, -0.15) is 0 Å². The van der Waals surface area contributed by atoms with Gasteiger partial charge in [-0.3, -0.25) is 14.6 Å². The number of nitrogens with zero attached hydrogens (tertiary/aromatic N) is 2. The van der Waals surface area contributed by atoms with Crippen LogP contribution in [-0.4, -0.2) is 54.4 Å². The second-order valence-corrected chi connectivity index (χ2v) is 7.19. The minimum atomic E-state index is -0.384. The minimum Gasteiger partial charge on any atom is -0.465 e. The number of amides is 1. The molecule has 158 valence electrons. The number of methoxy groups -OCH3 is 1. The fraction of sp³-hybridized carbons (Fsp3) is 0.348. The van der Waals surface area contributed by atoms with Gasteiger partial charge in [0.25, 0.3) is 0 Å². The zero-order valence-electron chi connectivity index (χ0n) is 17.0. The van der Waals surface area contributed by atoms with Crippen LogP contribution in [0.2, 0.25) is 0 Å². The Morgan fingerprint density at radius 2 is 1.67 bits per heavy atom. The lowest BCUT2D eigenvalue weighted by Crippen LogP contribution is -2.51. The Morgan fingerprint density at radius 1 is 1.00 bits per heavy atom. The number of hydrazine groups is 1. The van der Waals surface area contributed by atoms with Crippen molar-refractivity contribution >= 4 is 17.7 Å². The van der Waals surface area contributed by atoms with Crippen molar-refractivity contribution in [3.63, 3.8) is 0 Å². The lowest BCUT2D eigenvalue weighted by Gasteiger charge is -2.38. The molecule has 0 spiro atoms. The number of ether oxygens (including phenoxy) is 1. The Balaban J connectivity index is 1.57. The Kier molecular flexibility index (Phi) is 7.30. The molecule has 3 rings (SSSR count). The van der Waals surface area contributed by atoms with Gasteiger partial charge in [0, 0.05) is 38.0 Å². The molecule has 1 amide bonds. The first kappa shape index (κ1) is 21.6. The SMILES string of the molecule is COC(=O)c1ccc(CCN2C(=O)CCCN2CCC(=O)c2ccc(F)cc2)cc1. The van der Waals surface area contributed by atoms with Crippen molar-refractivity contribution < 1.29 is 23.5 Å². The molecule has 0 radical (unpaired) electrons. The van der Waals surface area contributed by atoms with Crippen LogP contribution < -0.4 is 0 Å². The maximum absolute atomic E-state index is 13.0. The molecule has 1 fully saturated rings. The lowest BCUT2D eigenvalue weighted by molar-refractivity contribution is -0.155. The van der Waals surface area contributed by atoms with Crippen LogP contribution in [0.5, 0.6) is 0 Å². The number of esters is 1. The number of rotatable bonds is 8. The second-order valence-electron chi connectivity index (χ2n) is 7.19. The van der Waals surface area contributed by atoms with Gasteiger partial charge < -0.3 is 4.74 Å². The molecular formula is C23H25FN2O4. The van der Waals surface area contributed by atoms with E-state index in [1.807, 2.05) is 17.1 Å². The number of Topliss-reactive ketones (excluding diaryl/α,β-unsaturated/α-hetero) is 1. The Bertz CT molecular complexity index is 896. The zero-order valence-corrected chi connectivity index (χ0v) is 17.0. The van der Waals surface area contributed by atoms with Gasteiger partial charge in [0.15, 0.2) is 5.78 Å². The van der Waals surface area contributed by atoms with Crippen LogP contribution in [-0.2, 0) is 16.0 Å². The molecule has 2 aromatic rings. The van der Waals surface area contributed by atoms with Crippen molar-refractivity contribution in [3.8, 4) is 0 Å². The molecular weight excluding hydrogens is 387 g/mol. The summed E-state index contributed by atoms with van der Waals surface area (Å²) in [5.74, 6) is -0.795. The first-order chi connectivity index (χ1) is 14.5. The summed E-state index contributed by atoms with van der Waals surface area (Å²) < 4.78 is 17.7. The first-order valence-electron chi connectivity index (χ1n) is 9.99. The maximum atomic E-state index is 13.0. The molecule has 1 saturated heterocycles. The van der Waals surface area contributed by atoms with E-state index < -0.39 is 0 Å². The third kappa shape index (κ3) is 5.51. The molecule has 0 saturated carbocycles. The normalized spacial score (nSPS) is 14.6. The van der Waals surface area contributed by atoms with Gasteiger partial charge in [-0.1, -0.05) is 12.1 Å². The van der Waals surface area contributed by atoms with Crippen LogP contribution in [0, 0.1) is 5.82 Å². The van der Waals surface area contributed by atoms with Gasteiger partial charge in [-0.15, -0.1) is 0 Å². The van der Waals surface area contributed by atoms with E-state index in [4.69, 9.17) is 4.74 Å². The van der Waals surface area contributed by atoms with E-state index in [9.17, 15) is 18.8 Å². The fourth-order valence-electron chi connectivity index (χ4n) is 3.49. The quantitative estimate of drug-likeness (QED) is 0.492. The van der Waals surface area contributed by atoms with E-state index in [1.54, 1.807) is 17.1 Å². The highest BCUT2D eigenvalue weighted by atomic mass is 19.1. The molecule has 0 bridgehead atoms. The van der Waals surface area contributed by atoms with Crippen LogP contribution in [0.25, 0.3) is 0 Å². The predicted molar refractivity (Wildman–Crippen MR) is 109 cm³/mol. The fourth-order valence-corrected chi connectivity index (χ4v) is 3.49. The van der Waals surface area contributed by atoms with Crippen molar-refractivity contribution in [2.24, 2.45) is 0 Å². The summed E-state index contributed by atoms with van der Waals surface area (Å²) in [6, 6.07) is 12.6. The molecule has 0 aromatic heterocycles. The van der Waals surface area contributed by atoms with Gasteiger partial charge in [0.1, 0.15) is 5.82 Å². The number of carbonyl (C=O) groups is 3. The standard InChI is InChI=1S/C23H25FN2O4/c1-30-23(29)19-6-4-17(5-7-19)12-16-26-22(28)3-2-14-25(26)15-13-21(27)18-8-10-20(24)11-9-18/h4-11H,2-3,12-16H2,1H3. The van der Waals surface area contributed by atoms with E-state index in [1.165, 1.54) is 31.4 Å². The van der Waals surface area contributed by atoms with E-state index >= 15 is 0 Å². The monoisotopic (exact) mass is 412 g/mol. The van der Waals surface area contributed by atoms with Crippen LogP contribution in [0.1, 0.15) is 45.5 Å². The van der Waals surface area contributed by atoms with Crippen molar-refractivity contribution in [2.75, 3.05) is 26.7 Å². The molecule has 1 aliphatic rings. The summed E-state index contributed by atoms with van der Waals surface area (Å²) in [4.78, 5) is 36.4. The third-order valence-electron chi connectivity index (χ3n) is 5.19. The molecule has 1 aliphatic heterocycles. The largest absolute Gasteiger partial charge is 0.465 e. The van der Waals surface area contributed by atoms with Gasteiger partial charge >= 0.3 is 5.97 Å². The minimum absolute atomic E-state index is 0.0432. The summed E-state index contributed by atoms with van der Waals surface area (Å²) in [5.41, 5.74) is 1.96. The van der Waals surface area contributed by atoms with Crippen LogP contribution in [0.3, 0.4) is 0 Å². The molecule has 0 unspecified atom stereocenters. The van der Waals surface area contributed by atoms with Crippen LogP contribution in [0.4, 0.5) is 4.39 Å². The van der Waals surface area contributed by atoms with Crippen LogP contribution in [0.15, 0.2) is 48.5 Å². The zero-order chi connectivity index (χ0) is 21.5. The van der Waals surface area contributed by atoms with Gasteiger partial charge in [0.05, 0.1) is 12.7 Å². The predicted octanol–water partition coefficient (Wildman–Crippen LogP) is 3.27. The molecule has 0 N–H and O–H groups in total. The van der Waals surface area contributed by atoms with Crippen molar-refractivity contribution in [3.05, 3.63) is 71.0 Å². The number of hydrogen-bond acceptors (Lipinski definition) is 5. The number of ketones is 1. The third-order valence-corrected chi connectivity index (χ3v) is 5.19. The Morgan fingerprint density at radius 3 is 2.33 bits per heavy atom. The smallest absolute Gasteiger partial charge is 0.337 e. The second kappa shape index (κ2) is 10.1. The number of carbonyl (C=O) groups excluding carboxylic acids is 3. The van der Waals surface area contributed by atoms with E-state index in [2.05, 4.69) is 0 Å². The van der Waals surface area contributed by atoms with Crippen molar-refractivity contribution in [1.82, 2.24) is 10.0 Å². The highest BCUT2D eigenvalue weighted by Gasteiger charge is 2.26. The molecule has 0 atom stereocenters. The molecule has 7 heteroatoms. The molecule has 0 aliphatic carbocycles. The van der Waals surface area contributed by atoms with Gasteiger partial charge in [-0.25, -0.2) is 14.2 Å². The van der Waals surface area contributed by atoms with E-state index in [0.717, 1.165) is 12.0 Å². The summed E-state index contributed by atoms with van der Waals surface area (Å²) in [6.07, 6.45) is 2.14. The molecule has 2 aromatic carbocycles. The van der Waals surface area contributed by atoms with Gasteiger partial charge in [0.2, 0.25) is 5.91 Å². The van der Waals surface area contributed by atoms with Crippen molar-refractivity contribution in [1.29, 1.82) is 0 Å². The number of benzene rings is 2. The Hall–Kier alpha value is -3.06. The lowest BCUT2D eigenvalue weighted by atomic mass is 10.1. The summed E-state index contributed by atoms with van der Waals surface area (Å²) in [7, 11) is 1.34. The first-order valence-corrected chi connectivity index (χ1v) is 9.99. The average Bonchev–Trinajstić information content (AvgIpc) is 2.77. The Labute approximate surface area is 175 Å². The summed E-state index contributed by atoms with van der Waals surface area (Å²) in [6.45, 7) is 1.65. The highest BCUT2D eigenvalue weighted by molar-refractivity contribution is 5.96. The number of halogens is 1. The summed E-state index contributed by atoms with van der Waals surface area (Å²) in [5, 5.41) is 3.64. The topological polar surface area (TPSA) is 66.9 Å². The number of hydrogen-bond donors (Lipinski definition) is 0. The van der Waals surface area contributed by atoms with Crippen molar-refractivity contribution in [2.45, 2.75) is 25.7 Å². The van der Waals surface area contributed by atoms with E-state index in [-0.39, 0.29) is 29.9 Å². The van der Waals surface area contributed by atoms with Gasteiger partial charge in [-0.05, 0) is 54.8 Å². The maximum Gasteiger partial charge on any atom is 0.337 e. The van der Waals surface area contributed by atoms with E-state index in [0.29, 0.717) is 43.6 Å². The van der Waals surface area contributed by atoms with Crippen LogP contribution >= 0.6 is 0 Å². The highest BCUT2D eigenvalue weighted by Crippen LogP contribution is 2.16. The summed E-state index contributed by atoms with van der Waals surface area (Å²) >= 11 is 0.